The molecule has 2 aromatic heterocycles. The lowest BCUT2D eigenvalue weighted by atomic mass is 9.94. The van der Waals surface area contributed by atoms with E-state index in [1.807, 2.05) is 0 Å². The molecule has 2 aromatic rings. The van der Waals surface area contributed by atoms with Gasteiger partial charge in [-0.2, -0.15) is 10.4 Å². The summed E-state index contributed by atoms with van der Waals surface area (Å²) in [5.41, 5.74) is 5.03. The number of fused-ring (bicyclic) bond motifs is 1. The molecule has 3 heterocycles. The number of hydrogen-bond acceptors (Lipinski definition) is 8. The minimum Gasteiger partial charge on any atom is -0.463 e. The molecule has 1 aliphatic heterocycles. The maximum atomic E-state index is 12.3. The molecule has 0 amide bonds. The number of nitriles is 1. The van der Waals surface area contributed by atoms with E-state index in [1.165, 1.54) is 30.1 Å². The molecule has 9 heteroatoms. The Morgan fingerprint density at radius 2 is 2.13 bits per heavy atom. The molecule has 2 fully saturated rings. The number of nitrogen functional groups attached to an aromatic ring is 1. The van der Waals surface area contributed by atoms with Crippen LogP contribution < -0.4 is 5.73 Å². The fourth-order valence-electron chi connectivity index (χ4n) is 4.41. The molecule has 1 saturated carbocycles. The quantitative estimate of drug-likeness (QED) is 0.561. The highest BCUT2D eigenvalue weighted by molar-refractivity contribution is 5.69. The van der Waals surface area contributed by atoms with E-state index in [4.69, 9.17) is 15.2 Å². The highest BCUT2D eigenvalue weighted by atomic mass is 16.6. The number of hydrogen-bond donors (Lipinski definition) is 2. The highest BCUT2D eigenvalue weighted by Gasteiger charge is 2.52. The van der Waals surface area contributed by atoms with Gasteiger partial charge in [0, 0.05) is 12.8 Å². The van der Waals surface area contributed by atoms with Gasteiger partial charge in [-0.05, 0) is 30.9 Å². The molecule has 0 aromatic carbocycles. The van der Waals surface area contributed by atoms with Crippen LogP contribution in [0.15, 0.2) is 18.5 Å². The number of ether oxygens (including phenoxy) is 2. The first-order valence-corrected chi connectivity index (χ1v) is 10.4. The maximum absolute atomic E-state index is 12.3. The van der Waals surface area contributed by atoms with Crippen LogP contribution in [0.3, 0.4) is 0 Å². The number of nitrogens with zero attached hydrogens (tertiary/aromatic N) is 4. The minimum atomic E-state index is -1.68. The minimum absolute atomic E-state index is 0.0491. The van der Waals surface area contributed by atoms with E-state index in [0.29, 0.717) is 23.5 Å². The molecule has 1 saturated heterocycles. The second kappa shape index (κ2) is 8.58. The van der Waals surface area contributed by atoms with Gasteiger partial charge in [0.15, 0.2) is 5.82 Å². The average Bonchev–Trinajstić information content (AvgIpc) is 3.20. The number of aromatic nitrogens is 3. The van der Waals surface area contributed by atoms with Gasteiger partial charge in [0.1, 0.15) is 36.7 Å². The predicted molar refractivity (Wildman–Crippen MR) is 107 cm³/mol. The van der Waals surface area contributed by atoms with Crippen LogP contribution in [0, 0.1) is 23.7 Å². The summed E-state index contributed by atoms with van der Waals surface area (Å²) >= 11 is 0. The number of carbonyl (C=O) groups excluding carboxylic acids is 1. The second-order valence-electron chi connectivity index (χ2n) is 8.05. The Kier molecular flexibility index (Phi) is 5.88. The number of esters is 1. The lowest BCUT2D eigenvalue weighted by molar-refractivity contribution is -0.150. The highest BCUT2D eigenvalue weighted by Crippen LogP contribution is 2.39. The smallest absolute Gasteiger partial charge is 0.306 e. The van der Waals surface area contributed by atoms with Crippen LogP contribution in [0.5, 0.6) is 0 Å². The lowest BCUT2D eigenvalue weighted by Gasteiger charge is -2.24. The van der Waals surface area contributed by atoms with E-state index >= 15 is 0 Å². The van der Waals surface area contributed by atoms with E-state index in [9.17, 15) is 15.2 Å². The first-order valence-electron chi connectivity index (χ1n) is 10.4. The van der Waals surface area contributed by atoms with Crippen molar-refractivity contribution in [1.82, 2.24) is 14.6 Å². The molecular weight excluding hydrogens is 386 g/mol. The van der Waals surface area contributed by atoms with Crippen LogP contribution in [0.25, 0.3) is 5.52 Å². The van der Waals surface area contributed by atoms with E-state index in [0.717, 1.165) is 25.7 Å². The van der Waals surface area contributed by atoms with Crippen LogP contribution in [-0.4, -0.2) is 44.5 Å². The Bertz CT molecular complexity index is 947. The van der Waals surface area contributed by atoms with E-state index in [2.05, 4.69) is 16.2 Å². The third kappa shape index (κ3) is 3.85. The third-order valence-corrected chi connectivity index (χ3v) is 6.02. The van der Waals surface area contributed by atoms with E-state index < -0.39 is 17.8 Å². The lowest BCUT2D eigenvalue weighted by Crippen LogP contribution is -2.37. The van der Waals surface area contributed by atoms with Crippen molar-refractivity contribution in [3.05, 3.63) is 30.6 Å². The number of rotatable bonds is 5. The summed E-state index contributed by atoms with van der Waals surface area (Å²) in [4.78, 5) is 16.2. The summed E-state index contributed by atoms with van der Waals surface area (Å²) in [7, 11) is 0. The largest absolute Gasteiger partial charge is 0.463 e. The Labute approximate surface area is 174 Å². The summed E-state index contributed by atoms with van der Waals surface area (Å²) in [6, 6.07) is 5.36. The summed E-state index contributed by atoms with van der Waals surface area (Å²) in [5.74, 6) is 0.357. The van der Waals surface area contributed by atoms with E-state index in [-0.39, 0.29) is 18.4 Å². The number of anilines is 1. The van der Waals surface area contributed by atoms with Crippen molar-refractivity contribution in [3.63, 3.8) is 0 Å². The Morgan fingerprint density at radius 1 is 1.37 bits per heavy atom. The zero-order valence-electron chi connectivity index (χ0n) is 16.7. The molecule has 30 heavy (non-hydrogen) atoms. The maximum Gasteiger partial charge on any atom is 0.306 e. The molecule has 0 bridgehead atoms. The molecule has 0 unspecified atom stereocenters. The van der Waals surface area contributed by atoms with Gasteiger partial charge in [0.05, 0.1) is 5.69 Å². The van der Waals surface area contributed by atoms with Crippen LogP contribution >= 0.6 is 0 Å². The van der Waals surface area contributed by atoms with E-state index in [1.54, 1.807) is 12.1 Å². The monoisotopic (exact) mass is 412 g/mol. The fourth-order valence-corrected chi connectivity index (χ4v) is 4.41. The first kappa shape index (κ1) is 20.6. The molecule has 1 radical (unpaired) electrons. The Hall–Kier alpha value is -2.70. The molecule has 3 N–H and O–H groups in total. The van der Waals surface area contributed by atoms with Crippen molar-refractivity contribution in [2.24, 2.45) is 5.92 Å². The summed E-state index contributed by atoms with van der Waals surface area (Å²) in [6.45, 7) is -0.0491. The van der Waals surface area contributed by atoms with Crippen LogP contribution in [0.2, 0.25) is 0 Å². The van der Waals surface area contributed by atoms with Gasteiger partial charge in [-0.15, -0.1) is 0 Å². The normalized spacial score (nSPS) is 27.6. The predicted octanol–water partition coefficient (Wildman–Crippen LogP) is 1.90. The number of nitrogens with two attached hydrogens (primary N) is 1. The van der Waals surface area contributed by atoms with Crippen LogP contribution in [-0.2, 0) is 19.9 Å². The topological polar surface area (TPSA) is 136 Å². The first-order chi connectivity index (χ1) is 14.5. The molecule has 2 aliphatic rings. The standard InChI is InChI=1S/C21H26N5O4/c22-12-21(17-8-7-16-20(23)24-13-25-26(16)17)18(27)10-15(30-21)11-29-19(28)9-14-5-3-1-2-4-6-14/h7-8,10,13-15,18,27H,1-6,9,11H2,(H2,23,24,25)/t15-,18-,21+/m1/s1. The number of carbonyl (C=O) groups is 1. The molecular formula is C21H26N5O4. The molecule has 9 nitrogen and oxygen atoms in total. The number of aliphatic hydroxyl groups is 1. The van der Waals surface area contributed by atoms with Crippen LogP contribution in [0.1, 0.15) is 50.6 Å². The summed E-state index contributed by atoms with van der Waals surface area (Å²) in [5, 5.41) is 24.6. The summed E-state index contributed by atoms with van der Waals surface area (Å²) in [6.07, 6.45) is 8.13. The Balaban J connectivity index is 1.42. The zero-order valence-corrected chi connectivity index (χ0v) is 16.7. The number of aliphatic hydroxyl groups excluding tert-OH is 1. The molecule has 1 aliphatic carbocycles. The summed E-state index contributed by atoms with van der Waals surface area (Å²) < 4.78 is 12.7. The third-order valence-electron chi connectivity index (χ3n) is 6.02. The Morgan fingerprint density at radius 3 is 2.87 bits per heavy atom. The van der Waals surface area contributed by atoms with Crippen molar-refractivity contribution < 1.29 is 19.4 Å². The molecule has 0 spiro atoms. The zero-order chi connectivity index (χ0) is 21.1. The molecule has 4 rings (SSSR count). The molecule has 159 valence electrons. The fraction of sp³-hybridized carbons (Fsp3) is 0.571. The molecule has 3 atom stereocenters. The van der Waals surface area contributed by atoms with Gasteiger partial charge in [-0.3, -0.25) is 4.79 Å². The van der Waals surface area contributed by atoms with Gasteiger partial charge in [0.25, 0.3) is 0 Å². The van der Waals surface area contributed by atoms with Gasteiger partial charge < -0.3 is 20.3 Å². The van der Waals surface area contributed by atoms with Crippen molar-refractivity contribution in [3.8, 4) is 6.07 Å². The van der Waals surface area contributed by atoms with Crippen LogP contribution in [0.4, 0.5) is 5.82 Å². The second-order valence-corrected chi connectivity index (χ2v) is 8.05. The van der Waals surface area contributed by atoms with Crippen molar-refractivity contribution in [2.45, 2.75) is 62.8 Å². The SMILES string of the molecule is N#C[C@@]1(c2ccc3c(N)ncnn23)O[C@@H](COC(=O)CC2CCCCCC2)[CH][C@H]1O. The van der Waals surface area contributed by atoms with Gasteiger partial charge in [-0.25, -0.2) is 9.50 Å². The average molecular weight is 412 g/mol. The van der Waals surface area contributed by atoms with Crippen molar-refractivity contribution >= 4 is 17.3 Å². The van der Waals surface area contributed by atoms with Gasteiger partial charge in [0.2, 0.25) is 5.60 Å². The van der Waals surface area contributed by atoms with Crippen molar-refractivity contribution in [1.29, 1.82) is 5.26 Å². The van der Waals surface area contributed by atoms with Gasteiger partial charge >= 0.3 is 5.97 Å². The van der Waals surface area contributed by atoms with Gasteiger partial charge in [-0.1, -0.05) is 25.7 Å². The van der Waals surface area contributed by atoms with Crippen molar-refractivity contribution in [2.75, 3.05) is 12.3 Å².